The van der Waals surface area contributed by atoms with Gasteiger partial charge in [0.1, 0.15) is 0 Å². The molecular formula is C11H16N2O2. The van der Waals surface area contributed by atoms with Crippen LogP contribution in [0.2, 0.25) is 0 Å². The van der Waals surface area contributed by atoms with Gasteiger partial charge in [-0.3, -0.25) is 4.79 Å². The number of hydrogen-bond acceptors (Lipinski definition) is 2. The zero-order valence-corrected chi connectivity index (χ0v) is 9.41. The Bertz CT molecular complexity index is 419. The standard InChI is InChI=1S/C11H16N2O2/c1-7(2)12-8(3)13(15)9-5-4-6-10(14)11(9)12/h7H,4-6H2,1-3H3. The fourth-order valence-electron chi connectivity index (χ4n) is 2.37. The third kappa shape index (κ3) is 1.35. The lowest BCUT2D eigenvalue weighted by atomic mass is 9.99. The van der Waals surface area contributed by atoms with Gasteiger partial charge in [0.15, 0.2) is 5.69 Å². The summed E-state index contributed by atoms with van der Waals surface area (Å²) in [6, 6.07) is 0.163. The molecule has 1 aliphatic rings. The van der Waals surface area contributed by atoms with Crippen LogP contribution in [0.25, 0.3) is 0 Å². The lowest BCUT2D eigenvalue weighted by Gasteiger charge is -2.10. The summed E-state index contributed by atoms with van der Waals surface area (Å²) in [5, 5.41) is 11.8. The highest BCUT2D eigenvalue weighted by Gasteiger charge is 2.33. The van der Waals surface area contributed by atoms with Crippen molar-refractivity contribution in [3.63, 3.8) is 0 Å². The molecule has 82 valence electrons. The van der Waals surface area contributed by atoms with E-state index in [0.29, 0.717) is 23.6 Å². The molecule has 0 fully saturated rings. The van der Waals surface area contributed by atoms with Crippen molar-refractivity contribution in [3.8, 4) is 0 Å². The van der Waals surface area contributed by atoms with Gasteiger partial charge in [0.25, 0.3) is 5.82 Å². The zero-order chi connectivity index (χ0) is 11.2. The van der Waals surface area contributed by atoms with Crippen molar-refractivity contribution in [2.24, 2.45) is 0 Å². The molecule has 0 atom stereocenters. The summed E-state index contributed by atoms with van der Waals surface area (Å²) in [7, 11) is 0. The van der Waals surface area contributed by atoms with Crippen molar-refractivity contribution in [1.82, 2.24) is 4.57 Å². The molecule has 0 amide bonds. The largest absolute Gasteiger partial charge is 0.711 e. The summed E-state index contributed by atoms with van der Waals surface area (Å²) in [6.07, 6.45) is 2.10. The van der Waals surface area contributed by atoms with Gasteiger partial charge in [-0.2, -0.15) is 0 Å². The number of imidazole rings is 1. The first-order valence-corrected chi connectivity index (χ1v) is 5.40. The highest BCUT2D eigenvalue weighted by molar-refractivity contribution is 5.96. The predicted octanol–water partition coefficient (Wildman–Crippen LogP) is 1.53. The maximum absolute atomic E-state index is 11.8. The summed E-state index contributed by atoms with van der Waals surface area (Å²) in [5.41, 5.74) is 1.31. The number of hydrogen-bond donors (Lipinski definition) is 0. The average molecular weight is 208 g/mol. The molecule has 4 heteroatoms. The predicted molar refractivity (Wildman–Crippen MR) is 55.8 cm³/mol. The van der Waals surface area contributed by atoms with E-state index < -0.39 is 0 Å². The number of rotatable bonds is 1. The van der Waals surface area contributed by atoms with Crippen LogP contribution in [-0.4, -0.2) is 10.4 Å². The molecule has 2 rings (SSSR count). The lowest BCUT2D eigenvalue weighted by molar-refractivity contribution is -0.620. The van der Waals surface area contributed by atoms with Gasteiger partial charge < -0.3 is 5.21 Å². The second-order valence-corrected chi connectivity index (χ2v) is 4.38. The van der Waals surface area contributed by atoms with E-state index in [2.05, 4.69) is 0 Å². The summed E-state index contributed by atoms with van der Waals surface area (Å²) >= 11 is 0. The van der Waals surface area contributed by atoms with Crippen LogP contribution in [0.4, 0.5) is 0 Å². The van der Waals surface area contributed by atoms with E-state index in [-0.39, 0.29) is 11.8 Å². The average Bonchev–Trinajstić information content (AvgIpc) is 2.43. The number of nitrogens with zero attached hydrogens (tertiary/aromatic N) is 2. The van der Waals surface area contributed by atoms with Crippen molar-refractivity contribution in [3.05, 3.63) is 22.4 Å². The van der Waals surface area contributed by atoms with Gasteiger partial charge in [-0.05, 0) is 20.3 Å². The van der Waals surface area contributed by atoms with Gasteiger partial charge in [0.05, 0.1) is 6.04 Å². The molecule has 0 unspecified atom stereocenters. The van der Waals surface area contributed by atoms with Gasteiger partial charge in [-0.1, -0.05) is 0 Å². The van der Waals surface area contributed by atoms with E-state index in [9.17, 15) is 10.0 Å². The van der Waals surface area contributed by atoms with Gasteiger partial charge in [-0.15, -0.1) is 0 Å². The Balaban J connectivity index is 2.70. The van der Waals surface area contributed by atoms with Crippen molar-refractivity contribution >= 4 is 5.78 Å². The van der Waals surface area contributed by atoms with Crippen LogP contribution in [0, 0.1) is 12.1 Å². The molecule has 1 heterocycles. The fraction of sp³-hybridized carbons (Fsp3) is 0.636. The quantitative estimate of drug-likeness (QED) is 0.519. The summed E-state index contributed by atoms with van der Waals surface area (Å²) in [5.74, 6) is 0.743. The summed E-state index contributed by atoms with van der Waals surface area (Å²) < 4.78 is 2.79. The first-order chi connectivity index (χ1) is 7.04. The lowest BCUT2D eigenvalue weighted by Crippen LogP contribution is -2.34. The van der Waals surface area contributed by atoms with Gasteiger partial charge in [0, 0.05) is 19.8 Å². The van der Waals surface area contributed by atoms with Crippen LogP contribution in [0.5, 0.6) is 0 Å². The topological polar surface area (TPSA) is 48.9 Å². The Morgan fingerprint density at radius 2 is 2.07 bits per heavy atom. The second kappa shape index (κ2) is 3.36. The molecular weight excluding hydrogens is 192 g/mol. The monoisotopic (exact) mass is 208 g/mol. The van der Waals surface area contributed by atoms with Crippen LogP contribution in [0.3, 0.4) is 0 Å². The summed E-state index contributed by atoms with van der Waals surface area (Å²) in [4.78, 5) is 11.8. The second-order valence-electron chi connectivity index (χ2n) is 4.38. The first kappa shape index (κ1) is 10.2. The van der Waals surface area contributed by atoms with Crippen molar-refractivity contribution in [2.75, 3.05) is 0 Å². The summed E-state index contributed by atoms with van der Waals surface area (Å²) in [6.45, 7) is 5.77. The van der Waals surface area contributed by atoms with Crippen molar-refractivity contribution in [1.29, 1.82) is 0 Å². The van der Waals surface area contributed by atoms with Crippen molar-refractivity contribution < 1.29 is 9.52 Å². The molecule has 1 aliphatic carbocycles. The Hall–Kier alpha value is -1.32. The number of carbonyl (C=O) groups excluding carboxylic acids is 1. The van der Waals surface area contributed by atoms with E-state index in [1.165, 1.54) is 0 Å². The van der Waals surface area contributed by atoms with Crippen LogP contribution in [-0.2, 0) is 6.42 Å². The van der Waals surface area contributed by atoms with Gasteiger partial charge >= 0.3 is 0 Å². The molecule has 0 aromatic carbocycles. The maximum atomic E-state index is 11.8. The third-order valence-electron chi connectivity index (χ3n) is 3.00. The minimum Gasteiger partial charge on any atom is -0.711 e. The Morgan fingerprint density at radius 3 is 2.67 bits per heavy atom. The van der Waals surface area contributed by atoms with E-state index >= 15 is 0 Å². The minimum absolute atomic E-state index is 0.114. The number of carbonyl (C=O) groups is 1. The van der Waals surface area contributed by atoms with E-state index in [0.717, 1.165) is 17.6 Å². The van der Waals surface area contributed by atoms with Crippen LogP contribution >= 0.6 is 0 Å². The van der Waals surface area contributed by atoms with Gasteiger partial charge in [0.2, 0.25) is 11.5 Å². The van der Waals surface area contributed by atoms with Crippen LogP contribution in [0.1, 0.15) is 54.7 Å². The molecule has 0 aliphatic heterocycles. The van der Waals surface area contributed by atoms with Crippen molar-refractivity contribution in [2.45, 2.75) is 46.1 Å². The highest BCUT2D eigenvalue weighted by Crippen LogP contribution is 2.23. The van der Waals surface area contributed by atoms with Crippen LogP contribution < -0.4 is 4.73 Å². The van der Waals surface area contributed by atoms with Crippen LogP contribution in [0.15, 0.2) is 0 Å². The van der Waals surface area contributed by atoms with Gasteiger partial charge in [-0.25, -0.2) is 9.30 Å². The molecule has 4 nitrogen and oxygen atoms in total. The molecule has 0 saturated carbocycles. The zero-order valence-electron chi connectivity index (χ0n) is 9.41. The molecule has 0 radical (unpaired) electrons. The smallest absolute Gasteiger partial charge is 0.257 e. The highest BCUT2D eigenvalue weighted by atomic mass is 16.5. The normalized spacial score (nSPS) is 15.9. The Morgan fingerprint density at radius 1 is 1.40 bits per heavy atom. The molecule has 1 aromatic heterocycles. The number of Topliss-reactive ketones (excluding diaryl/α,β-unsaturated/α-hetero) is 1. The Kier molecular flexibility index (Phi) is 2.29. The first-order valence-electron chi connectivity index (χ1n) is 5.40. The number of aromatic nitrogens is 2. The van der Waals surface area contributed by atoms with E-state index in [4.69, 9.17) is 0 Å². The Labute approximate surface area is 89.1 Å². The number of fused-ring (bicyclic) bond motifs is 1. The fourth-order valence-corrected chi connectivity index (χ4v) is 2.37. The van der Waals surface area contributed by atoms with E-state index in [1.807, 2.05) is 18.4 Å². The van der Waals surface area contributed by atoms with E-state index in [1.54, 1.807) is 6.92 Å². The number of ketones is 1. The SMILES string of the molecule is Cc1n(C(C)C)c2c([n+]1[O-])CCCC2=O. The molecule has 1 aromatic rings. The molecule has 0 saturated heterocycles. The molecule has 0 N–H and O–H groups in total. The molecule has 15 heavy (non-hydrogen) atoms. The third-order valence-corrected chi connectivity index (χ3v) is 3.00. The maximum Gasteiger partial charge on any atom is 0.257 e. The molecule has 0 spiro atoms. The minimum atomic E-state index is 0.114. The molecule has 0 bridgehead atoms.